The third-order valence-corrected chi connectivity index (χ3v) is 5.38. The number of amides is 1. The number of nitrogens with zero attached hydrogens (tertiary/aromatic N) is 3. The van der Waals surface area contributed by atoms with E-state index >= 15 is 0 Å². The van der Waals surface area contributed by atoms with E-state index in [2.05, 4.69) is 39.2 Å². The Morgan fingerprint density at radius 3 is 2.67 bits per heavy atom. The molecular formula is C23H32N4O3. The Morgan fingerprint density at radius 1 is 1.20 bits per heavy atom. The predicted octanol–water partition coefficient (Wildman–Crippen LogP) is 3.24. The van der Waals surface area contributed by atoms with Crippen LogP contribution >= 0.6 is 0 Å². The molecule has 1 saturated heterocycles. The third-order valence-electron chi connectivity index (χ3n) is 5.38. The third kappa shape index (κ3) is 6.34. The summed E-state index contributed by atoms with van der Waals surface area (Å²) in [5.41, 5.74) is 1.20. The molecule has 7 heteroatoms. The van der Waals surface area contributed by atoms with Gasteiger partial charge in [0.2, 0.25) is 17.7 Å². The van der Waals surface area contributed by atoms with Gasteiger partial charge in [-0.1, -0.05) is 25.5 Å². The average molecular weight is 413 g/mol. The van der Waals surface area contributed by atoms with E-state index < -0.39 is 0 Å². The number of ether oxygens (including phenoxy) is 2. The summed E-state index contributed by atoms with van der Waals surface area (Å²) < 4.78 is 10.9. The largest absolute Gasteiger partial charge is 0.494 e. The minimum Gasteiger partial charge on any atom is -0.494 e. The molecule has 0 unspecified atom stereocenters. The smallest absolute Gasteiger partial charge is 0.228 e. The topological polar surface area (TPSA) is 76.6 Å². The number of methoxy groups -OCH3 is 1. The van der Waals surface area contributed by atoms with Crippen molar-refractivity contribution in [2.45, 2.75) is 39.0 Å². The molecule has 1 aliphatic heterocycles. The lowest BCUT2D eigenvalue weighted by Crippen LogP contribution is -2.41. The zero-order valence-corrected chi connectivity index (χ0v) is 18.0. The highest BCUT2D eigenvalue weighted by Gasteiger charge is 2.26. The molecule has 1 fully saturated rings. The number of benzene rings is 1. The highest BCUT2D eigenvalue weighted by molar-refractivity contribution is 5.78. The molecule has 1 amide bonds. The molecule has 1 aliphatic rings. The first-order valence-electron chi connectivity index (χ1n) is 10.8. The fraction of sp³-hybridized carbons (Fsp3) is 0.522. The number of hydrogen-bond acceptors (Lipinski definition) is 6. The van der Waals surface area contributed by atoms with Gasteiger partial charge < -0.3 is 19.7 Å². The van der Waals surface area contributed by atoms with Gasteiger partial charge in [-0.2, -0.15) is 4.98 Å². The monoisotopic (exact) mass is 412 g/mol. The molecule has 162 valence electrons. The maximum absolute atomic E-state index is 12.5. The lowest BCUT2D eigenvalue weighted by molar-refractivity contribution is -0.125. The van der Waals surface area contributed by atoms with Crippen LogP contribution in [0.3, 0.4) is 0 Å². The number of rotatable bonds is 10. The van der Waals surface area contributed by atoms with Gasteiger partial charge in [0.05, 0.1) is 13.7 Å². The summed E-state index contributed by atoms with van der Waals surface area (Å²) in [6.45, 7) is 5.09. The standard InChI is InChI=1S/C23H32N4O3/c1-3-4-17-30-20-7-5-18(6-8-20)9-13-24-22(28)19-11-15-27(16-12-19)23-25-14-10-21(26-23)29-2/h5-8,10,14,19H,3-4,9,11-13,15-17H2,1-2H3,(H,24,28). The van der Waals surface area contributed by atoms with Crippen LogP contribution in [0.4, 0.5) is 5.95 Å². The Bertz CT molecular complexity index is 789. The average Bonchev–Trinajstić information content (AvgIpc) is 2.80. The summed E-state index contributed by atoms with van der Waals surface area (Å²) in [5, 5.41) is 3.09. The van der Waals surface area contributed by atoms with Crippen molar-refractivity contribution in [2.24, 2.45) is 5.92 Å². The Morgan fingerprint density at radius 2 is 1.97 bits per heavy atom. The van der Waals surface area contributed by atoms with Crippen molar-refractivity contribution >= 4 is 11.9 Å². The second-order valence-corrected chi connectivity index (χ2v) is 7.55. The Balaban J connectivity index is 1.37. The number of nitrogens with one attached hydrogen (secondary N) is 1. The van der Waals surface area contributed by atoms with Crippen molar-refractivity contribution in [1.82, 2.24) is 15.3 Å². The van der Waals surface area contributed by atoms with Gasteiger partial charge in [-0.25, -0.2) is 4.98 Å². The van der Waals surface area contributed by atoms with Gasteiger partial charge in [0.25, 0.3) is 0 Å². The molecule has 0 saturated carbocycles. The summed E-state index contributed by atoms with van der Waals surface area (Å²) in [6, 6.07) is 9.88. The van der Waals surface area contributed by atoms with Crippen LogP contribution in [-0.2, 0) is 11.2 Å². The molecule has 1 N–H and O–H groups in total. The first kappa shape index (κ1) is 21.9. The highest BCUT2D eigenvalue weighted by Crippen LogP contribution is 2.22. The van der Waals surface area contributed by atoms with E-state index in [0.717, 1.165) is 57.6 Å². The van der Waals surface area contributed by atoms with Crippen molar-refractivity contribution < 1.29 is 14.3 Å². The number of carbonyl (C=O) groups excluding carboxylic acids is 1. The van der Waals surface area contributed by atoms with Crippen molar-refractivity contribution in [1.29, 1.82) is 0 Å². The maximum Gasteiger partial charge on any atom is 0.228 e. The highest BCUT2D eigenvalue weighted by atomic mass is 16.5. The molecule has 2 heterocycles. The van der Waals surface area contributed by atoms with Gasteiger partial charge in [0.15, 0.2) is 0 Å². The lowest BCUT2D eigenvalue weighted by atomic mass is 9.96. The van der Waals surface area contributed by atoms with E-state index in [1.54, 1.807) is 19.4 Å². The van der Waals surface area contributed by atoms with E-state index in [-0.39, 0.29) is 11.8 Å². The lowest BCUT2D eigenvalue weighted by Gasteiger charge is -2.31. The van der Waals surface area contributed by atoms with Gasteiger partial charge >= 0.3 is 0 Å². The summed E-state index contributed by atoms with van der Waals surface area (Å²) in [6.07, 6.45) is 6.32. The van der Waals surface area contributed by atoms with Crippen LogP contribution < -0.4 is 19.7 Å². The fourth-order valence-corrected chi connectivity index (χ4v) is 3.50. The zero-order chi connectivity index (χ0) is 21.2. The summed E-state index contributed by atoms with van der Waals surface area (Å²) in [5.74, 6) is 2.31. The molecular weight excluding hydrogens is 380 g/mol. The van der Waals surface area contributed by atoms with Crippen molar-refractivity contribution in [3.8, 4) is 11.6 Å². The summed E-state index contributed by atoms with van der Waals surface area (Å²) >= 11 is 0. The molecule has 0 bridgehead atoms. The molecule has 30 heavy (non-hydrogen) atoms. The van der Waals surface area contributed by atoms with Crippen molar-refractivity contribution in [2.75, 3.05) is 38.3 Å². The van der Waals surface area contributed by atoms with Crippen LogP contribution in [-0.4, -0.2) is 49.2 Å². The van der Waals surface area contributed by atoms with Crippen LogP contribution in [0, 0.1) is 5.92 Å². The molecule has 1 aromatic carbocycles. The first-order valence-corrected chi connectivity index (χ1v) is 10.8. The van der Waals surface area contributed by atoms with Gasteiger partial charge in [-0.15, -0.1) is 0 Å². The summed E-state index contributed by atoms with van der Waals surface area (Å²) in [4.78, 5) is 23.3. The van der Waals surface area contributed by atoms with Gasteiger partial charge in [-0.3, -0.25) is 4.79 Å². The SMILES string of the molecule is CCCCOc1ccc(CCNC(=O)C2CCN(c3nccc(OC)n3)CC2)cc1. The van der Waals surface area contributed by atoms with Crippen LogP contribution in [0.1, 0.15) is 38.2 Å². The number of aromatic nitrogens is 2. The van der Waals surface area contributed by atoms with Crippen molar-refractivity contribution in [3.63, 3.8) is 0 Å². The van der Waals surface area contributed by atoms with Crippen molar-refractivity contribution in [3.05, 3.63) is 42.1 Å². The number of hydrogen-bond donors (Lipinski definition) is 1. The van der Waals surface area contributed by atoms with E-state index in [1.165, 1.54) is 5.56 Å². The number of unbranched alkanes of at least 4 members (excludes halogenated alkanes) is 1. The van der Waals surface area contributed by atoms with E-state index in [1.807, 2.05) is 12.1 Å². The molecule has 7 nitrogen and oxygen atoms in total. The van der Waals surface area contributed by atoms with E-state index in [9.17, 15) is 4.79 Å². The molecule has 0 atom stereocenters. The van der Waals surface area contributed by atoms with Crippen LogP contribution in [0.15, 0.2) is 36.5 Å². The minimum atomic E-state index is 0.0428. The molecule has 2 aromatic rings. The fourth-order valence-electron chi connectivity index (χ4n) is 3.50. The zero-order valence-electron chi connectivity index (χ0n) is 18.0. The van der Waals surface area contributed by atoms with Gasteiger partial charge in [-0.05, 0) is 43.4 Å². The maximum atomic E-state index is 12.5. The number of anilines is 1. The quantitative estimate of drug-likeness (QED) is 0.604. The predicted molar refractivity (Wildman–Crippen MR) is 117 cm³/mol. The van der Waals surface area contributed by atoms with Crippen LogP contribution in [0.5, 0.6) is 11.6 Å². The van der Waals surface area contributed by atoms with E-state index in [4.69, 9.17) is 9.47 Å². The molecule has 3 rings (SSSR count). The van der Waals surface area contributed by atoms with Crippen LogP contribution in [0.25, 0.3) is 0 Å². The van der Waals surface area contributed by atoms with E-state index in [0.29, 0.717) is 18.4 Å². The second-order valence-electron chi connectivity index (χ2n) is 7.55. The van der Waals surface area contributed by atoms with Gasteiger partial charge in [0, 0.05) is 37.8 Å². The number of carbonyl (C=O) groups is 1. The normalized spacial score (nSPS) is 14.4. The molecule has 0 radical (unpaired) electrons. The Kier molecular flexibility index (Phi) is 8.30. The van der Waals surface area contributed by atoms with Crippen LogP contribution in [0.2, 0.25) is 0 Å². The Hall–Kier alpha value is -2.83. The molecule has 0 spiro atoms. The Labute approximate surface area is 178 Å². The molecule has 0 aliphatic carbocycles. The second kappa shape index (κ2) is 11.4. The minimum absolute atomic E-state index is 0.0428. The summed E-state index contributed by atoms with van der Waals surface area (Å²) in [7, 11) is 1.60. The van der Waals surface area contributed by atoms with Gasteiger partial charge in [0.1, 0.15) is 5.75 Å². The number of piperidine rings is 1. The molecule has 1 aromatic heterocycles. The first-order chi connectivity index (χ1) is 14.7.